The van der Waals surface area contributed by atoms with Gasteiger partial charge in [-0.1, -0.05) is 0 Å². The summed E-state index contributed by atoms with van der Waals surface area (Å²) in [6, 6.07) is 0. The highest BCUT2D eigenvalue weighted by Crippen LogP contribution is 1.97. The second-order valence-corrected chi connectivity index (χ2v) is 2.96. The zero-order chi connectivity index (χ0) is 11.0. The third-order valence-electron chi connectivity index (χ3n) is 1.62. The van der Waals surface area contributed by atoms with Crippen molar-refractivity contribution in [3.8, 4) is 0 Å². The SMILES string of the molecule is COC(=O)OCC(C)OCC(C)OC. The molecule has 0 radical (unpaired) electrons. The highest BCUT2D eigenvalue weighted by Gasteiger charge is 2.08. The largest absolute Gasteiger partial charge is 0.508 e. The lowest BCUT2D eigenvalue weighted by Gasteiger charge is -2.15. The molecule has 0 aliphatic heterocycles. The molecule has 2 unspecified atom stereocenters. The molecule has 0 aromatic rings. The topological polar surface area (TPSA) is 54.0 Å². The van der Waals surface area contributed by atoms with Crippen LogP contribution in [0.15, 0.2) is 0 Å². The second kappa shape index (κ2) is 7.58. The number of ether oxygens (including phenoxy) is 4. The van der Waals surface area contributed by atoms with Crippen LogP contribution < -0.4 is 0 Å². The zero-order valence-corrected chi connectivity index (χ0v) is 9.11. The first-order valence-electron chi connectivity index (χ1n) is 4.45. The van der Waals surface area contributed by atoms with Gasteiger partial charge in [0.2, 0.25) is 0 Å². The standard InChI is InChI=1S/C9H18O5/c1-7(11-3)5-13-8(2)6-14-9(10)12-4/h7-8H,5-6H2,1-4H3. The Kier molecular flexibility index (Phi) is 7.14. The Morgan fingerprint density at radius 1 is 1.14 bits per heavy atom. The Morgan fingerprint density at radius 2 is 1.79 bits per heavy atom. The second-order valence-electron chi connectivity index (χ2n) is 2.96. The fraction of sp³-hybridized carbons (Fsp3) is 0.889. The molecule has 2 atom stereocenters. The lowest BCUT2D eigenvalue weighted by Crippen LogP contribution is -2.23. The smallest absolute Gasteiger partial charge is 0.438 e. The van der Waals surface area contributed by atoms with Crippen LogP contribution in [0.3, 0.4) is 0 Å². The zero-order valence-electron chi connectivity index (χ0n) is 9.11. The van der Waals surface area contributed by atoms with E-state index in [9.17, 15) is 4.79 Å². The number of carbonyl (C=O) groups excluding carboxylic acids is 1. The quantitative estimate of drug-likeness (QED) is 0.611. The van der Waals surface area contributed by atoms with Gasteiger partial charge in [0.05, 0.1) is 25.9 Å². The Morgan fingerprint density at radius 3 is 2.29 bits per heavy atom. The summed E-state index contributed by atoms with van der Waals surface area (Å²) in [6.07, 6.45) is -0.817. The summed E-state index contributed by atoms with van der Waals surface area (Å²) in [4.78, 5) is 10.6. The van der Waals surface area contributed by atoms with Crippen LogP contribution >= 0.6 is 0 Å². The number of hydrogen-bond acceptors (Lipinski definition) is 5. The Hall–Kier alpha value is -0.810. The summed E-state index contributed by atoms with van der Waals surface area (Å²) in [5.74, 6) is 0. The van der Waals surface area contributed by atoms with Gasteiger partial charge in [0, 0.05) is 7.11 Å². The van der Waals surface area contributed by atoms with Gasteiger partial charge in [-0.05, 0) is 13.8 Å². The van der Waals surface area contributed by atoms with E-state index in [1.165, 1.54) is 7.11 Å². The van der Waals surface area contributed by atoms with Gasteiger partial charge in [0.1, 0.15) is 6.61 Å². The molecule has 0 N–H and O–H groups in total. The molecule has 0 aromatic carbocycles. The number of hydrogen-bond donors (Lipinski definition) is 0. The Balaban J connectivity index is 3.45. The normalized spacial score (nSPS) is 14.6. The summed E-state index contributed by atoms with van der Waals surface area (Å²) in [7, 11) is 2.88. The lowest BCUT2D eigenvalue weighted by atomic mass is 10.4. The third kappa shape index (κ3) is 6.68. The molecule has 0 rings (SSSR count). The average molecular weight is 206 g/mol. The average Bonchev–Trinajstić information content (AvgIpc) is 2.22. The predicted octanol–water partition coefficient (Wildman–Crippen LogP) is 1.21. The molecule has 0 saturated heterocycles. The van der Waals surface area contributed by atoms with Gasteiger partial charge in [-0.25, -0.2) is 4.79 Å². The minimum absolute atomic E-state index is 0.0376. The number of methoxy groups -OCH3 is 2. The molecule has 0 heterocycles. The van der Waals surface area contributed by atoms with Gasteiger partial charge >= 0.3 is 6.16 Å². The van der Waals surface area contributed by atoms with Crippen molar-refractivity contribution in [2.45, 2.75) is 26.1 Å². The van der Waals surface area contributed by atoms with E-state index in [1.807, 2.05) is 13.8 Å². The minimum Gasteiger partial charge on any atom is -0.438 e. The van der Waals surface area contributed by atoms with E-state index in [2.05, 4.69) is 4.74 Å². The molecule has 0 aliphatic carbocycles. The van der Waals surface area contributed by atoms with Crippen LogP contribution in [0.1, 0.15) is 13.8 Å². The van der Waals surface area contributed by atoms with Crippen molar-refractivity contribution in [2.24, 2.45) is 0 Å². The molecule has 14 heavy (non-hydrogen) atoms. The maximum atomic E-state index is 10.6. The first kappa shape index (κ1) is 13.2. The van der Waals surface area contributed by atoms with Crippen molar-refractivity contribution < 1.29 is 23.7 Å². The van der Waals surface area contributed by atoms with Gasteiger partial charge < -0.3 is 18.9 Å². The molecule has 0 saturated carbocycles. The van der Waals surface area contributed by atoms with Crippen molar-refractivity contribution >= 4 is 6.16 Å². The monoisotopic (exact) mass is 206 g/mol. The lowest BCUT2D eigenvalue weighted by molar-refractivity contribution is -0.0413. The summed E-state index contributed by atoms with van der Waals surface area (Å²) < 4.78 is 19.3. The van der Waals surface area contributed by atoms with E-state index in [4.69, 9.17) is 14.2 Å². The fourth-order valence-electron chi connectivity index (χ4n) is 0.660. The van der Waals surface area contributed by atoms with Crippen LogP contribution in [0, 0.1) is 0 Å². The van der Waals surface area contributed by atoms with Crippen molar-refractivity contribution in [1.82, 2.24) is 0 Å². The van der Waals surface area contributed by atoms with Crippen LogP contribution in [0.2, 0.25) is 0 Å². The van der Waals surface area contributed by atoms with Crippen LogP contribution in [-0.2, 0) is 18.9 Å². The molecule has 0 amide bonds. The first-order chi connectivity index (χ1) is 6.60. The van der Waals surface area contributed by atoms with Gasteiger partial charge in [-0.3, -0.25) is 0 Å². The molecule has 5 nitrogen and oxygen atoms in total. The summed E-state index contributed by atoms with van der Waals surface area (Å²) >= 11 is 0. The number of rotatable bonds is 6. The van der Waals surface area contributed by atoms with E-state index in [1.54, 1.807) is 7.11 Å². The summed E-state index contributed by atoms with van der Waals surface area (Å²) in [5.41, 5.74) is 0. The molecule has 0 aliphatic rings. The van der Waals surface area contributed by atoms with Gasteiger partial charge in [-0.15, -0.1) is 0 Å². The molecule has 0 fully saturated rings. The maximum Gasteiger partial charge on any atom is 0.508 e. The summed E-state index contributed by atoms with van der Waals surface area (Å²) in [5, 5.41) is 0. The minimum atomic E-state index is -0.694. The van der Waals surface area contributed by atoms with Crippen LogP contribution in [0.25, 0.3) is 0 Å². The van der Waals surface area contributed by atoms with E-state index >= 15 is 0 Å². The van der Waals surface area contributed by atoms with Crippen LogP contribution in [0.4, 0.5) is 4.79 Å². The Labute approximate surface area is 84.3 Å². The highest BCUT2D eigenvalue weighted by atomic mass is 16.7. The highest BCUT2D eigenvalue weighted by molar-refractivity contribution is 5.59. The van der Waals surface area contributed by atoms with Gasteiger partial charge in [0.15, 0.2) is 0 Å². The molecular weight excluding hydrogens is 188 g/mol. The fourth-order valence-corrected chi connectivity index (χ4v) is 0.660. The van der Waals surface area contributed by atoms with Gasteiger partial charge in [-0.2, -0.15) is 0 Å². The number of carbonyl (C=O) groups is 1. The molecular formula is C9H18O5. The summed E-state index contributed by atoms with van der Waals surface area (Å²) in [6.45, 7) is 4.37. The molecule has 84 valence electrons. The van der Waals surface area contributed by atoms with E-state index in [0.29, 0.717) is 6.61 Å². The molecule has 0 spiro atoms. The predicted molar refractivity (Wildman–Crippen MR) is 50.2 cm³/mol. The van der Waals surface area contributed by atoms with Crippen LogP contribution in [-0.4, -0.2) is 45.8 Å². The van der Waals surface area contributed by atoms with Crippen LogP contribution in [0.5, 0.6) is 0 Å². The maximum absolute atomic E-state index is 10.6. The van der Waals surface area contributed by atoms with E-state index in [0.717, 1.165) is 0 Å². The van der Waals surface area contributed by atoms with Gasteiger partial charge in [0.25, 0.3) is 0 Å². The molecule has 0 bridgehead atoms. The van der Waals surface area contributed by atoms with Crippen molar-refractivity contribution in [3.05, 3.63) is 0 Å². The van der Waals surface area contributed by atoms with E-state index < -0.39 is 6.16 Å². The molecule has 0 aromatic heterocycles. The first-order valence-corrected chi connectivity index (χ1v) is 4.45. The third-order valence-corrected chi connectivity index (χ3v) is 1.62. The van der Waals surface area contributed by atoms with Crippen molar-refractivity contribution in [1.29, 1.82) is 0 Å². The van der Waals surface area contributed by atoms with Crippen molar-refractivity contribution in [2.75, 3.05) is 27.4 Å². The van der Waals surface area contributed by atoms with E-state index in [-0.39, 0.29) is 18.8 Å². The Bertz CT molecular complexity index is 159. The van der Waals surface area contributed by atoms with Crippen molar-refractivity contribution in [3.63, 3.8) is 0 Å². The molecule has 5 heteroatoms.